The van der Waals surface area contributed by atoms with Crippen LogP contribution in [0, 0.1) is 0 Å². The van der Waals surface area contributed by atoms with Crippen LogP contribution in [-0.2, 0) is 4.79 Å². The van der Waals surface area contributed by atoms with E-state index in [2.05, 4.69) is 19.2 Å². The Morgan fingerprint density at radius 3 is 2.13 bits per heavy atom. The van der Waals surface area contributed by atoms with Crippen LogP contribution >= 0.6 is 11.8 Å². The van der Waals surface area contributed by atoms with Gasteiger partial charge in [-0.25, -0.2) is 0 Å². The molecule has 0 aromatic rings. The van der Waals surface area contributed by atoms with Crippen molar-refractivity contribution in [3.8, 4) is 0 Å². The van der Waals surface area contributed by atoms with E-state index in [0.717, 1.165) is 11.3 Å². The lowest BCUT2D eigenvalue weighted by Crippen LogP contribution is -2.42. The summed E-state index contributed by atoms with van der Waals surface area (Å²) in [5.74, 6) is -0.131. The monoisotopic (exact) mass is 230 g/mol. The Balaban J connectivity index is 4.90. The van der Waals surface area contributed by atoms with Crippen LogP contribution in [0.25, 0.3) is 0 Å². The molecule has 0 radical (unpaired) electrons. The predicted molar refractivity (Wildman–Crippen MR) is 67.8 cm³/mol. The van der Waals surface area contributed by atoms with Crippen molar-refractivity contribution >= 4 is 17.7 Å². The zero-order valence-corrected chi connectivity index (χ0v) is 11.3. The van der Waals surface area contributed by atoms with E-state index in [9.17, 15) is 4.79 Å². The first-order valence-electron chi connectivity index (χ1n) is 5.02. The van der Waals surface area contributed by atoms with E-state index in [1.165, 1.54) is 0 Å². The average molecular weight is 230 g/mol. The molecule has 0 aliphatic heterocycles. The molecule has 1 atom stereocenters. The van der Waals surface area contributed by atoms with E-state index in [1.54, 1.807) is 18.7 Å². The van der Waals surface area contributed by atoms with E-state index in [0.29, 0.717) is 0 Å². The van der Waals surface area contributed by atoms with E-state index in [4.69, 9.17) is 5.73 Å². The first-order chi connectivity index (χ1) is 6.72. The van der Waals surface area contributed by atoms with Crippen LogP contribution in [0.5, 0.6) is 0 Å². The second-order valence-electron chi connectivity index (χ2n) is 4.37. The van der Waals surface area contributed by atoms with Crippen LogP contribution in [0.3, 0.4) is 0 Å². The fraction of sp³-hybridized carbons (Fsp3) is 0.727. The third-order valence-corrected chi connectivity index (χ3v) is 3.50. The number of rotatable bonds is 4. The molecule has 0 aliphatic carbocycles. The van der Waals surface area contributed by atoms with Crippen molar-refractivity contribution in [3.05, 3.63) is 11.3 Å². The van der Waals surface area contributed by atoms with Crippen LogP contribution in [0.15, 0.2) is 11.3 Å². The second kappa shape index (κ2) is 5.56. The van der Waals surface area contributed by atoms with Crippen molar-refractivity contribution < 1.29 is 4.79 Å². The molecule has 0 saturated heterocycles. The van der Waals surface area contributed by atoms with Gasteiger partial charge in [-0.3, -0.25) is 4.79 Å². The predicted octanol–water partition coefficient (Wildman–Crippen LogP) is 1.89. The largest absolute Gasteiger partial charge is 0.327 e. The van der Waals surface area contributed by atoms with Crippen molar-refractivity contribution in [1.82, 2.24) is 5.32 Å². The van der Waals surface area contributed by atoms with Crippen LogP contribution in [0.1, 0.15) is 34.6 Å². The normalized spacial score (nSPS) is 13.3. The minimum absolute atomic E-state index is 0.0939. The minimum atomic E-state index is -0.475. The molecular formula is C11H22N2OS. The van der Waals surface area contributed by atoms with E-state index in [1.807, 2.05) is 20.1 Å². The molecule has 0 aliphatic rings. The fourth-order valence-electron chi connectivity index (χ4n) is 1.22. The molecule has 0 spiro atoms. The van der Waals surface area contributed by atoms with Gasteiger partial charge in [0.15, 0.2) is 0 Å². The van der Waals surface area contributed by atoms with Gasteiger partial charge in [-0.1, -0.05) is 5.57 Å². The molecule has 0 fully saturated rings. The van der Waals surface area contributed by atoms with Crippen molar-refractivity contribution in [2.45, 2.75) is 45.4 Å². The topological polar surface area (TPSA) is 55.1 Å². The summed E-state index contributed by atoms with van der Waals surface area (Å²) in [5, 5.41) is 2.90. The van der Waals surface area contributed by atoms with Crippen molar-refractivity contribution in [2.75, 3.05) is 6.26 Å². The third kappa shape index (κ3) is 4.26. The van der Waals surface area contributed by atoms with Crippen molar-refractivity contribution in [1.29, 1.82) is 0 Å². The minimum Gasteiger partial charge on any atom is -0.327 e. The summed E-state index contributed by atoms with van der Waals surface area (Å²) in [6.07, 6.45) is 2.03. The number of nitrogens with one attached hydrogen (secondary N) is 1. The smallest absolute Gasteiger partial charge is 0.240 e. The molecule has 4 heteroatoms. The molecular weight excluding hydrogens is 208 g/mol. The van der Waals surface area contributed by atoms with Gasteiger partial charge >= 0.3 is 0 Å². The molecule has 0 aromatic heterocycles. The number of hydrogen-bond acceptors (Lipinski definition) is 3. The summed E-state index contributed by atoms with van der Waals surface area (Å²) in [6.45, 7) is 9.84. The summed E-state index contributed by atoms with van der Waals surface area (Å²) in [5.41, 5.74) is 7.60. The Labute approximate surface area is 96.9 Å². The summed E-state index contributed by atoms with van der Waals surface area (Å²) in [6, 6.07) is -0.475. The van der Waals surface area contributed by atoms with E-state index >= 15 is 0 Å². The van der Waals surface area contributed by atoms with Crippen LogP contribution in [0.4, 0.5) is 0 Å². The van der Waals surface area contributed by atoms with Crippen LogP contribution in [-0.4, -0.2) is 23.0 Å². The number of thioether (sulfide) groups is 1. The Kier molecular flexibility index (Phi) is 5.38. The molecule has 3 nitrogen and oxygen atoms in total. The number of carbonyl (C=O) groups excluding carboxylic acids is 1. The molecule has 3 N–H and O–H groups in total. The van der Waals surface area contributed by atoms with Gasteiger partial charge in [-0.2, -0.15) is 11.8 Å². The SMILES string of the molecule is CSC(C)(C)C(NC(=O)[C@@H](C)N)=C(C)C. The molecule has 0 unspecified atom stereocenters. The fourth-order valence-corrected chi connectivity index (χ4v) is 1.68. The maximum Gasteiger partial charge on any atom is 0.240 e. The van der Waals surface area contributed by atoms with E-state index < -0.39 is 6.04 Å². The first-order valence-corrected chi connectivity index (χ1v) is 6.24. The summed E-state index contributed by atoms with van der Waals surface area (Å²) >= 11 is 1.70. The van der Waals surface area contributed by atoms with Gasteiger partial charge in [-0.15, -0.1) is 0 Å². The van der Waals surface area contributed by atoms with Gasteiger partial charge in [0.1, 0.15) is 0 Å². The lowest BCUT2D eigenvalue weighted by Gasteiger charge is -2.28. The quantitative estimate of drug-likeness (QED) is 0.775. The zero-order chi connectivity index (χ0) is 12.2. The van der Waals surface area contributed by atoms with Gasteiger partial charge in [0, 0.05) is 10.4 Å². The number of amides is 1. The molecule has 0 saturated carbocycles. The molecule has 0 aromatic carbocycles. The highest BCUT2D eigenvalue weighted by atomic mass is 32.2. The van der Waals surface area contributed by atoms with Gasteiger partial charge < -0.3 is 11.1 Å². The first kappa shape index (κ1) is 14.5. The van der Waals surface area contributed by atoms with Gasteiger partial charge in [0.05, 0.1) is 6.04 Å². The highest BCUT2D eigenvalue weighted by Gasteiger charge is 2.25. The van der Waals surface area contributed by atoms with Gasteiger partial charge in [0.2, 0.25) is 5.91 Å². The summed E-state index contributed by atoms with van der Waals surface area (Å²) in [7, 11) is 0. The average Bonchev–Trinajstić information content (AvgIpc) is 2.12. The molecule has 15 heavy (non-hydrogen) atoms. The Morgan fingerprint density at radius 1 is 1.40 bits per heavy atom. The van der Waals surface area contributed by atoms with Crippen LogP contribution in [0.2, 0.25) is 0 Å². The summed E-state index contributed by atoms with van der Waals surface area (Å²) < 4.78 is -0.0939. The maximum atomic E-state index is 11.5. The molecule has 0 heterocycles. The number of hydrogen-bond donors (Lipinski definition) is 2. The zero-order valence-electron chi connectivity index (χ0n) is 10.5. The Hall–Kier alpha value is -0.480. The lowest BCUT2D eigenvalue weighted by atomic mass is 10.0. The number of allylic oxidation sites excluding steroid dienone is 1. The Morgan fingerprint density at radius 2 is 1.87 bits per heavy atom. The molecule has 88 valence electrons. The molecule has 1 amide bonds. The molecule has 0 rings (SSSR count). The lowest BCUT2D eigenvalue weighted by molar-refractivity contribution is -0.121. The van der Waals surface area contributed by atoms with Crippen LogP contribution < -0.4 is 11.1 Å². The van der Waals surface area contributed by atoms with Crippen molar-refractivity contribution in [2.24, 2.45) is 5.73 Å². The molecule has 0 bridgehead atoms. The van der Waals surface area contributed by atoms with Gasteiger partial charge in [-0.05, 0) is 40.9 Å². The van der Waals surface area contributed by atoms with Crippen molar-refractivity contribution in [3.63, 3.8) is 0 Å². The van der Waals surface area contributed by atoms with Gasteiger partial charge in [0.25, 0.3) is 0 Å². The Bertz CT molecular complexity index is 266. The summed E-state index contributed by atoms with van der Waals surface area (Å²) in [4.78, 5) is 11.5. The number of carbonyl (C=O) groups is 1. The number of nitrogens with two attached hydrogens (primary N) is 1. The van der Waals surface area contributed by atoms with E-state index in [-0.39, 0.29) is 10.7 Å². The standard InChI is InChI=1S/C11H22N2OS/c1-7(2)9(11(4,5)15-6)13-10(14)8(3)12/h8H,12H2,1-6H3,(H,13,14)/t8-/m1/s1. The highest BCUT2D eigenvalue weighted by Crippen LogP contribution is 2.30. The highest BCUT2D eigenvalue weighted by molar-refractivity contribution is 8.00. The maximum absolute atomic E-state index is 11.5. The second-order valence-corrected chi connectivity index (χ2v) is 5.80. The third-order valence-electron chi connectivity index (χ3n) is 2.27.